The lowest BCUT2D eigenvalue weighted by atomic mass is 10.1. The van der Waals surface area contributed by atoms with Gasteiger partial charge in [-0.15, -0.1) is 12.4 Å². The molecule has 6 heteroatoms. The predicted molar refractivity (Wildman–Crippen MR) is 113 cm³/mol. The molecular weight excluding hydrogens is 374 g/mol. The van der Waals surface area contributed by atoms with E-state index in [4.69, 9.17) is 5.73 Å². The van der Waals surface area contributed by atoms with Crippen LogP contribution in [0.3, 0.4) is 0 Å². The summed E-state index contributed by atoms with van der Waals surface area (Å²) in [6.07, 6.45) is 3.88. The maximum atomic E-state index is 12.5. The molecule has 0 radical (unpaired) electrons. The van der Waals surface area contributed by atoms with E-state index in [1.165, 1.54) is 6.42 Å². The summed E-state index contributed by atoms with van der Waals surface area (Å²) < 4.78 is 0. The van der Waals surface area contributed by atoms with Crippen LogP contribution in [0.25, 0.3) is 0 Å². The van der Waals surface area contributed by atoms with Crippen LogP contribution in [-0.2, 0) is 17.8 Å². The lowest BCUT2D eigenvalue weighted by Crippen LogP contribution is -2.41. The minimum Gasteiger partial charge on any atom is -0.351 e. The minimum atomic E-state index is -0.577. The maximum Gasteiger partial charge on any atom is 0.253 e. The molecule has 0 bridgehead atoms. The van der Waals surface area contributed by atoms with Gasteiger partial charge in [-0.1, -0.05) is 42.5 Å². The Kier molecular flexibility index (Phi) is 8.48. The fourth-order valence-corrected chi connectivity index (χ4v) is 3.33. The van der Waals surface area contributed by atoms with E-state index >= 15 is 0 Å². The Labute approximate surface area is 172 Å². The Morgan fingerprint density at radius 1 is 0.929 bits per heavy atom. The van der Waals surface area contributed by atoms with Crippen molar-refractivity contribution in [1.29, 1.82) is 0 Å². The van der Waals surface area contributed by atoms with Gasteiger partial charge in [0.15, 0.2) is 0 Å². The highest BCUT2D eigenvalue weighted by Gasteiger charge is 2.18. The van der Waals surface area contributed by atoms with Crippen LogP contribution in [-0.4, -0.2) is 35.8 Å². The predicted octanol–water partition coefficient (Wildman–Crippen LogP) is 2.92. The van der Waals surface area contributed by atoms with Gasteiger partial charge in [0.1, 0.15) is 0 Å². The van der Waals surface area contributed by atoms with Crippen molar-refractivity contribution in [3.8, 4) is 0 Å². The van der Waals surface area contributed by atoms with Crippen LogP contribution in [0.2, 0.25) is 0 Å². The standard InChI is InChI=1S/C22H27N3O2.ClH/c23-20(15-17-7-3-1-4-8-17)21(26)24-16-18-9-11-19(12-10-18)22(27)25-13-5-2-6-14-25;/h1,3-4,7-12,20H,2,5-6,13-16,23H2,(H,24,26);1H. The van der Waals surface area contributed by atoms with Gasteiger partial charge in [0.2, 0.25) is 5.91 Å². The van der Waals surface area contributed by atoms with Crippen LogP contribution in [0.5, 0.6) is 0 Å². The van der Waals surface area contributed by atoms with Gasteiger partial charge in [0.05, 0.1) is 6.04 Å². The molecule has 1 aliphatic heterocycles. The number of nitrogens with two attached hydrogens (primary N) is 1. The summed E-state index contributed by atoms with van der Waals surface area (Å²) in [5.41, 5.74) is 8.69. The summed E-state index contributed by atoms with van der Waals surface area (Å²) in [5, 5.41) is 2.87. The van der Waals surface area contributed by atoms with Crippen molar-refractivity contribution in [3.63, 3.8) is 0 Å². The number of carbonyl (C=O) groups is 2. The first-order valence-electron chi connectivity index (χ1n) is 9.59. The van der Waals surface area contributed by atoms with Crippen LogP contribution in [0.15, 0.2) is 54.6 Å². The zero-order chi connectivity index (χ0) is 19.1. The van der Waals surface area contributed by atoms with E-state index in [1.807, 2.05) is 59.5 Å². The Bertz CT molecular complexity index is 759. The number of amides is 2. The third-order valence-electron chi connectivity index (χ3n) is 4.95. The number of halogens is 1. The second-order valence-electron chi connectivity index (χ2n) is 7.06. The summed E-state index contributed by atoms with van der Waals surface area (Å²) in [7, 11) is 0. The summed E-state index contributed by atoms with van der Waals surface area (Å²) in [6, 6.07) is 16.6. The van der Waals surface area contributed by atoms with Crippen LogP contribution < -0.4 is 11.1 Å². The maximum absolute atomic E-state index is 12.5. The van der Waals surface area contributed by atoms with Gasteiger partial charge in [0, 0.05) is 25.2 Å². The van der Waals surface area contributed by atoms with E-state index < -0.39 is 6.04 Å². The molecule has 1 saturated heterocycles. The quantitative estimate of drug-likeness (QED) is 0.781. The number of benzene rings is 2. The molecule has 0 aliphatic carbocycles. The second-order valence-corrected chi connectivity index (χ2v) is 7.06. The molecule has 2 amide bonds. The van der Waals surface area contributed by atoms with Crippen molar-refractivity contribution < 1.29 is 9.59 Å². The van der Waals surface area contributed by atoms with Crippen molar-refractivity contribution >= 4 is 24.2 Å². The molecule has 3 rings (SSSR count). The highest BCUT2D eigenvalue weighted by atomic mass is 35.5. The summed E-state index contributed by atoms with van der Waals surface area (Å²) in [4.78, 5) is 26.6. The number of likely N-dealkylation sites (tertiary alicyclic amines) is 1. The van der Waals surface area contributed by atoms with E-state index in [0.29, 0.717) is 18.5 Å². The Hall–Kier alpha value is -2.37. The monoisotopic (exact) mass is 401 g/mol. The first kappa shape index (κ1) is 21.9. The fraction of sp³-hybridized carbons (Fsp3) is 0.364. The van der Waals surface area contributed by atoms with Crippen LogP contribution >= 0.6 is 12.4 Å². The van der Waals surface area contributed by atoms with Crippen molar-refractivity contribution in [3.05, 3.63) is 71.3 Å². The highest BCUT2D eigenvalue weighted by Crippen LogP contribution is 2.14. The Morgan fingerprint density at radius 3 is 2.21 bits per heavy atom. The van der Waals surface area contributed by atoms with Crippen molar-refractivity contribution in [2.24, 2.45) is 5.73 Å². The average Bonchev–Trinajstić information content (AvgIpc) is 2.73. The molecule has 1 fully saturated rings. The minimum absolute atomic E-state index is 0. The number of nitrogens with zero attached hydrogens (tertiary/aromatic N) is 1. The SMILES string of the molecule is Cl.NC(Cc1ccccc1)C(=O)NCc1ccc(C(=O)N2CCCCC2)cc1. The normalized spacial score (nSPS) is 14.7. The molecule has 2 aromatic rings. The van der Waals surface area contributed by atoms with E-state index in [-0.39, 0.29) is 24.2 Å². The molecular formula is C22H28ClN3O2. The largest absolute Gasteiger partial charge is 0.351 e. The van der Waals surface area contributed by atoms with Gasteiger partial charge in [-0.05, 0) is 48.9 Å². The van der Waals surface area contributed by atoms with E-state index in [2.05, 4.69) is 5.32 Å². The van der Waals surface area contributed by atoms with Crippen LogP contribution in [0.4, 0.5) is 0 Å². The van der Waals surface area contributed by atoms with Gasteiger partial charge in [-0.2, -0.15) is 0 Å². The summed E-state index contributed by atoms with van der Waals surface area (Å²) in [5.74, 6) is -0.0810. The summed E-state index contributed by atoms with van der Waals surface area (Å²) >= 11 is 0. The molecule has 150 valence electrons. The number of carbonyl (C=O) groups excluding carboxylic acids is 2. The zero-order valence-corrected chi connectivity index (χ0v) is 16.8. The first-order valence-corrected chi connectivity index (χ1v) is 9.59. The van der Waals surface area contributed by atoms with E-state index in [1.54, 1.807) is 0 Å². The number of hydrogen-bond acceptors (Lipinski definition) is 3. The molecule has 2 aromatic carbocycles. The average molecular weight is 402 g/mol. The van der Waals surface area contributed by atoms with Gasteiger partial charge < -0.3 is 16.0 Å². The van der Waals surface area contributed by atoms with Gasteiger partial charge in [0.25, 0.3) is 5.91 Å². The summed E-state index contributed by atoms with van der Waals surface area (Å²) in [6.45, 7) is 2.09. The molecule has 0 saturated carbocycles. The molecule has 1 aliphatic rings. The number of piperidine rings is 1. The Balaban J connectivity index is 0.00000280. The molecule has 1 heterocycles. The fourth-order valence-electron chi connectivity index (χ4n) is 3.33. The van der Waals surface area contributed by atoms with Gasteiger partial charge in [-0.3, -0.25) is 9.59 Å². The topological polar surface area (TPSA) is 75.4 Å². The van der Waals surface area contributed by atoms with E-state index in [9.17, 15) is 9.59 Å². The highest BCUT2D eigenvalue weighted by molar-refractivity contribution is 5.94. The van der Waals surface area contributed by atoms with Crippen molar-refractivity contribution in [1.82, 2.24) is 10.2 Å². The second kappa shape index (κ2) is 10.8. The third kappa shape index (κ3) is 6.08. The van der Waals surface area contributed by atoms with Crippen LogP contribution in [0.1, 0.15) is 40.7 Å². The molecule has 1 unspecified atom stereocenters. The molecule has 5 nitrogen and oxygen atoms in total. The first-order chi connectivity index (χ1) is 13.1. The van der Waals surface area contributed by atoms with Gasteiger partial charge in [-0.25, -0.2) is 0 Å². The lowest BCUT2D eigenvalue weighted by Gasteiger charge is -2.26. The van der Waals surface area contributed by atoms with Gasteiger partial charge >= 0.3 is 0 Å². The lowest BCUT2D eigenvalue weighted by molar-refractivity contribution is -0.122. The molecule has 1 atom stereocenters. The molecule has 0 aromatic heterocycles. The van der Waals surface area contributed by atoms with Crippen molar-refractivity contribution in [2.75, 3.05) is 13.1 Å². The Morgan fingerprint density at radius 2 is 1.57 bits per heavy atom. The zero-order valence-electron chi connectivity index (χ0n) is 16.0. The molecule has 0 spiro atoms. The van der Waals surface area contributed by atoms with Crippen molar-refractivity contribution in [2.45, 2.75) is 38.3 Å². The molecule has 28 heavy (non-hydrogen) atoms. The smallest absolute Gasteiger partial charge is 0.253 e. The number of hydrogen-bond donors (Lipinski definition) is 2. The molecule has 3 N–H and O–H groups in total. The number of rotatable bonds is 6. The number of nitrogens with one attached hydrogen (secondary N) is 1. The van der Waals surface area contributed by atoms with Crippen LogP contribution in [0, 0.1) is 0 Å². The third-order valence-corrected chi connectivity index (χ3v) is 4.95. The van der Waals surface area contributed by atoms with E-state index in [0.717, 1.165) is 37.1 Å².